The second kappa shape index (κ2) is 12.0. The summed E-state index contributed by atoms with van der Waals surface area (Å²) in [5.41, 5.74) is 0. The molecule has 0 unspecified atom stereocenters. The molecule has 6 nitrogen and oxygen atoms in total. The lowest BCUT2D eigenvalue weighted by Gasteiger charge is -2.17. The molecule has 0 amide bonds. The zero-order chi connectivity index (χ0) is 19.5. The smallest absolute Gasteiger partial charge is 0.139 e. The fourth-order valence-corrected chi connectivity index (χ4v) is 3.38. The average Bonchev–Trinajstić information content (AvgIpc) is 2.83. The van der Waals surface area contributed by atoms with E-state index in [-0.39, 0.29) is 37.2 Å². The molecule has 1 saturated carbocycles. The summed E-state index contributed by atoms with van der Waals surface area (Å²) in [4.78, 5) is 34.6. The first-order valence-electron chi connectivity index (χ1n) is 9.63. The van der Waals surface area contributed by atoms with Crippen LogP contribution in [0.5, 0.6) is 0 Å². The molecule has 0 heterocycles. The van der Waals surface area contributed by atoms with Crippen LogP contribution in [0, 0.1) is 11.8 Å². The van der Waals surface area contributed by atoms with Gasteiger partial charge in [0.15, 0.2) is 0 Å². The fourth-order valence-electron chi connectivity index (χ4n) is 3.38. The summed E-state index contributed by atoms with van der Waals surface area (Å²) < 4.78 is 0. The maximum absolute atomic E-state index is 12.1. The molecule has 26 heavy (non-hydrogen) atoms. The summed E-state index contributed by atoms with van der Waals surface area (Å²) in [6, 6.07) is 0. The summed E-state index contributed by atoms with van der Waals surface area (Å²) >= 11 is 0. The van der Waals surface area contributed by atoms with Gasteiger partial charge in [-0.15, -0.1) is 0 Å². The third-order valence-corrected chi connectivity index (χ3v) is 4.93. The first-order chi connectivity index (χ1) is 12.3. The van der Waals surface area contributed by atoms with Crippen LogP contribution >= 0.6 is 0 Å². The average molecular weight is 367 g/mol. The Morgan fingerprint density at radius 2 is 1.92 bits per heavy atom. The number of aliphatic hydroxyl groups is 2. The standard InChI is InChI=1S/C20H32O6/c1-2-3-4-7-14(21)10-11-16-17(19(24)13-18(16)23)12-15(22)8-5-6-9-20(25)26/h10-11,14,16-18,21,23H,2-9,12-13H2,1H3,(H,25,26)/p-1/b11-10+/t14-,16+,17+,18+/m0/s1. The number of Topliss-reactive ketones (excluding diaryl/α,β-unsaturated/α-hetero) is 2. The fraction of sp³-hybridized carbons (Fsp3) is 0.750. The molecule has 1 rings (SSSR count). The van der Waals surface area contributed by atoms with E-state index in [2.05, 4.69) is 6.92 Å². The highest BCUT2D eigenvalue weighted by molar-refractivity contribution is 5.90. The Balaban J connectivity index is 2.51. The van der Waals surface area contributed by atoms with Crippen LogP contribution in [0.1, 0.15) is 71.1 Å². The van der Waals surface area contributed by atoms with Crippen LogP contribution in [-0.4, -0.2) is 40.0 Å². The summed E-state index contributed by atoms with van der Waals surface area (Å²) in [5.74, 6) is -2.36. The number of aliphatic hydroxyl groups excluding tert-OH is 2. The lowest BCUT2D eigenvalue weighted by atomic mass is 9.88. The van der Waals surface area contributed by atoms with Gasteiger partial charge >= 0.3 is 0 Å². The molecule has 6 heteroatoms. The van der Waals surface area contributed by atoms with Crippen molar-refractivity contribution in [3.63, 3.8) is 0 Å². The number of rotatable bonds is 13. The monoisotopic (exact) mass is 367 g/mol. The highest BCUT2D eigenvalue weighted by Crippen LogP contribution is 2.33. The van der Waals surface area contributed by atoms with Crippen molar-refractivity contribution >= 4 is 17.5 Å². The first-order valence-corrected chi connectivity index (χ1v) is 9.63. The van der Waals surface area contributed by atoms with Gasteiger partial charge in [-0.05, 0) is 25.7 Å². The Kier molecular flexibility index (Phi) is 10.4. The van der Waals surface area contributed by atoms with Crippen LogP contribution in [0.2, 0.25) is 0 Å². The maximum Gasteiger partial charge on any atom is 0.139 e. The van der Waals surface area contributed by atoms with Gasteiger partial charge in [-0.1, -0.05) is 38.3 Å². The van der Waals surface area contributed by atoms with Crippen LogP contribution in [0.15, 0.2) is 12.2 Å². The first kappa shape index (κ1) is 22.5. The molecule has 0 aromatic heterocycles. The van der Waals surface area contributed by atoms with Crippen LogP contribution in [-0.2, 0) is 14.4 Å². The summed E-state index contributed by atoms with van der Waals surface area (Å²) in [6.07, 6.45) is 6.62. The van der Waals surface area contributed by atoms with Gasteiger partial charge in [0.1, 0.15) is 11.6 Å². The van der Waals surface area contributed by atoms with Crippen molar-refractivity contribution < 1.29 is 29.7 Å². The Morgan fingerprint density at radius 1 is 1.23 bits per heavy atom. The van der Waals surface area contributed by atoms with Crippen LogP contribution in [0.25, 0.3) is 0 Å². The van der Waals surface area contributed by atoms with E-state index in [1.165, 1.54) is 0 Å². The van der Waals surface area contributed by atoms with Gasteiger partial charge in [-0.3, -0.25) is 9.59 Å². The van der Waals surface area contributed by atoms with Gasteiger partial charge in [0.2, 0.25) is 0 Å². The van der Waals surface area contributed by atoms with Crippen LogP contribution in [0.3, 0.4) is 0 Å². The summed E-state index contributed by atoms with van der Waals surface area (Å²) in [6.45, 7) is 2.09. The molecule has 148 valence electrons. The second-order valence-electron chi connectivity index (χ2n) is 7.19. The van der Waals surface area contributed by atoms with Crippen molar-refractivity contribution in [1.29, 1.82) is 0 Å². The van der Waals surface area contributed by atoms with E-state index < -0.39 is 30.0 Å². The predicted molar refractivity (Wildman–Crippen MR) is 95.0 cm³/mol. The van der Waals surface area contributed by atoms with Crippen LogP contribution < -0.4 is 5.11 Å². The van der Waals surface area contributed by atoms with Crippen molar-refractivity contribution in [2.45, 2.75) is 83.3 Å². The van der Waals surface area contributed by atoms with Crippen molar-refractivity contribution in [3.8, 4) is 0 Å². The lowest BCUT2D eigenvalue weighted by Crippen LogP contribution is -2.22. The quantitative estimate of drug-likeness (QED) is 0.375. The van der Waals surface area contributed by atoms with Gasteiger partial charge in [0.05, 0.1) is 12.2 Å². The van der Waals surface area contributed by atoms with E-state index in [4.69, 9.17) is 0 Å². The SMILES string of the molecule is CCCCC[C@H](O)/C=C/[C@H]1[C@H](O)CC(=O)[C@@H]1CC(=O)CCCCC(=O)[O-]. The molecule has 2 N–H and O–H groups in total. The minimum Gasteiger partial charge on any atom is -0.550 e. The highest BCUT2D eigenvalue weighted by Gasteiger charge is 2.40. The number of carbonyl (C=O) groups is 3. The largest absolute Gasteiger partial charge is 0.550 e. The van der Waals surface area contributed by atoms with Gasteiger partial charge in [-0.2, -0.15) is 0 Å². The van der Waals surface area contributed by atoms with E-state index in [1.54, 1.807) is 12.2 Å². The molecule has 0 aliphatic heterocycles. The van der Waals surface area contributed by atoms with Gasteiger partial charge in [0.25, 0.3) is 0 Å². The molecule has 0 aromatic carbocycles. The Hall–Kier alpha value is -1.53. The van der Waals surface area contributed by atoms with E-state index in [0.717, 1.165) is 19.3 Å². The molecule has 4 atom stereocenters. The van der Waals surface area contributed by atoms with Crippen molar-refractivity contribution in [3.05, 3.63) is 12.2 Å². The normalized spacial score (nSPS) is 24.3. The van der Waals surface area contributed by atoms with Gasteiger partial charge in [0, 0.05) is 37.1 Å². The third kappa shape index (κ3) is 8.23. The highest BCUT2D eigenvalue weighted by atomic mass is 16.4. The number of hydrogen-bond acceptors (Lipinski definition) is 6. The number of hydrogen-bond donors (Lipinski definition) is 2. The molecule has 0 spiro atoms. The topological polar surface area (TPSA) is 115 Å². The lowest BCUT2D eigenvalue weighted by molar-refractivity contribution is -0.305. The maximum atomic E-state index is 12.1. The van der Waals surface area contributed by atoms with E-state index in [0.29, 0.717) is 19.3 Å². The predicted octanol–water partition coefficient (Wildman–Crippen LogP) is 1.32. The van der Waals surface area contributed by atoms with Crippen molar-refractivity contribution in [1.82, 2.24) is 0 Å². The van der Waals surface area contributed by atoms with Gasteiger partial charge < -0.3 is 20.1 Å². The number of carboxylic acids is 1. The molecule has 0 aromatic rings. The Morgan fingerprint density at radius 3 is 2.58 bits per heavy atom. The molecule has 1 fully saturated rings. The van der Waals surface area contributed by atoms with Crippen molar-refractivity contribution in [2.75, 3.05) is 0 Å². The Labute approximate surface area is 155 Å². The van der Waals surface area contributed by atoms with Gasteiger partial charge in [-0.25, -0.2) is 0 Å². The number of aliphatic carboxylic acids is 1. The minimum atomic E-state index is -1.13. The summed E-state index contributed by atoms with van der Waals surface area (Å²) in [7, 11) is 0. The zero-order valence-corrected chi connectivity index (χ0v) is 15.6. The number of carbonyl (C=O) groups excluding carboxylic acids is 3. The molecule has 0 bridgehead atoms. The van der Waals surface area contributed by atoms with E-state index in [9.17, 15) is 29.7 Å². The second-order valence-corrected chi connectivity index (χ2v) is 7.19. The molecule has 0 radical (unpaired) electrons. The number of carboxylic acid groups (broad SMARTS) is 1. The number of unbranched alkanes of at least 4 members (excludes halogenated alkanes) is 3. The van der Waals surface area contributed by atoms with Crippen LogP contribution in [0.4, 0.5) is 0 Å². The van der Waals surface area contributed by atoms with Crippen molar-refractivity contribution in [2.24, 2.45) is 11.8 Å². The Bertz CT molecular complexity index is 499. The molecule has 0 saturated heterocycles. The number of ketones is 2. The minimum absolute atomic E-state index is 0.0313. The molecular formula is C20H31O6-. The zero-order valence-electron chi connectivity index (χ0n) is 15.6. The third-order valence-electron chi connectivity index (χ3n) is 4.93. The molecule has 1 aliphatic carbocycles. The van der Waals surface area contributed by atoms with E-state index >= 15 is 0 Å². The summed E-state index contributed by atoms with van der Waals surface area (Å²) in [5, 5.41) is 30.4. The van der Waals surface area contributed by atoms with E-state index in [1.807, 2.05) is 0 Å². The molecular weight excluding hydrogens is 336 g/mol. The molecule has 1 aliphatic rings.